The van der Waals surface area contributed by atoms with Crippen LogP contribution in [0.2, 0.25) is 0 Å². The van der Waals surface area contributed by atoms with E-state index in [-0.39, 0.29) is 0 Å². The third-order valence-electron chi connectivity index (χ3n) is 10.2. The van der Waals surface area contributed by atoms with E-state index < -0.39 is 0 Å². The van der Waals surface area contributed by atoms with Gasteiger partial charge in [0.05, 0.1) is 0 Å². The summed E-state index contributed by atoms with van der Waals surface area (Å²) < 4.78 is 0. The Balaban J connectivity index is 1.49. The van der Waals surface area contributed by atoms with Gasteiger partial charge < -0.3 is 0 Å². The highest BCUT2D eigenvalue weighted by Crippen LogP contribution is 2.51. The van der Waals surface area contributed by atoms with Crippen molar-refractivity contribution < 1.29 is 0 Å². The largest absolute Gasteiger partial charge is 0.103 e. The van der Waals surface area contributed by atoms with Crippen LogP contribution in [0.3, 0.4) is 0 Å². The molecule has 2 fully saturated rings. The van der Waals surface area contributed by atoms with Crippen LogP contribution in [0.5, 0.6) is 0 Å². The van der Waals surface area contributed by atoms with Crippen molar-refractivity contribution in [1.29, 1.82) is 0 Å². The average molecular weight is 549 g/mol. The summed E-state index contributed by atoms with van der Waals surface area (Å²) in [4.78, 5) is 0. The lowest BCUT2D eigenvalue weighted by molar-refractivity contribution is 0.390. The van der Waals surface area contributed by atoms with Gasteiger partial charge in [-0.1, -0.05) is 180 Å². The van der Waals surface area contributed by atoms with E-state index in [1.807, 2.05) is 0 Å². The zero-order valence-electron chi connectivity index (χ0n) is 26.6. The van der Waals surface area contributed by atoms with Crippen molar-refractivity contribution in [2.45, 2.75) is 218 Å². The molecule has 38 heavy (non-hydrogen) atoms. The van der Waals surface area contributed by atoms with E-state index in [9.17, 15) is 0 Å². The molecule has 1 heterocycles. The van der Waals surface area contributed by atoms with Crippen LogP contribution in [-0.2, 0) is 0 Å². The van der Waals surface area contributed by atoms with Crippen LogP contribution in [0.25, 0.3) is 0 Å². The van der Waals surface area contributed by atoms with Crippen LogP contribution in [0.1, 0.15) is 212 Å². The number of hydrogen-bond donors (Lipinski definition) is 0. The maximum atomic E-state index is 2.32. The minimum atomic E-state index is 0.308. The monoisotopic (exact) mass is 549 g/mol. The molecule has 2 atom stereocenters. The van der Waals surface area contributed by atoms with E-state index in [2.05, 4.69) is 6.92 Å². The lowest BCUT2D eigenvalue weighted by Gasteiger charge is -2.35. The van der Waals surface area contributed by atoms with Crippen LogP contribution >= 0.6 is 7.92 Å². The summed E-state index contributed by atoms with van der Waals surface area (Å²) in [6.45, 7) is 2.32. The van der Waals surface area contributed by atoms with Gasteiger partial charge in [0.25, 0.3) is 0 Å². The molecule has 2 unspecified atom stereocenters. The molecule has 2 rings (SSSR count). The predicted molar refractivity (Wildman–Crippen MR) is 177 cm³/mol. The van der Waals surface area contributed by atoms with Gasteiger partial charge in [0.15, 0.2) is 0 Å². The van der Waals surface area contributed by atoms with Gasteiger partial charge in [-0.2, -0.15) is 0 Å². The van der Waals surface area contributed by atoms with Crippen molar-refractivity contribution in [3.05, 3.63) is 0 Å². The van der Waals surface area contributed by atoms with Gasteiger partial charge in [-0.15, -0.1) is 7.92 Å². The molecule has 0 aromatic carbocycles. The highest BCUT2D eigenvalue weighted by molar-refractivity contribution is 7.58. The third-order valence-corrected chi connectivity index (χ3v) is 13.6. The molecule has 1 saturated heterocycles. The fraction of sp³-hybridized carbons (Fsp3) is 1.00. The molecule has 1 heteroatoms. The molecular formula is C37H73P. The van der Waals surface area contributed by atoms with Gasteiger partial charge >= 0.3 is 0 Å². The van der Waals surface area contributed by atoms with Gasteiger partial charge in [-0.25, -0.2) is 0 Å². The Morgan fingerprint density at radius 2 is 0.763 bits per heavy atom. The van der Waals surface area contributed by atoms with Crippen molar-refractivity contribution in [2.24, 2.45) is 5.92 Å². The van der Waals surface area contributed by atoms with Gasteiger partial charge in [0.1, 0.15) is 0 Å². The molecule has 0 aromatic rings. The van der Waals surface area contributed by atoms with E-state index in [0.717, 1.165) is 11.6 Å². The van der Waals surface area contributed by atoms with Crippen molar-refractivity contribution >= 4 is 7.92 Å². The average Bonchev–Trinajstić information content (AvgIpc) is 3.14. The maximum absolute atomic E-state index is 2.32. The maximum Gasteiger partial charge on any atom is -0.0181 e. The first kappa shape index (κ1) is 34.6. The highest BCUT2D eigenvalue weighted by atomic mass is 31.1. The molecule has 1 saturated carbocycles. The van der Waals surface area contributed by atoms with Gasteiger partial charge in [-0.3, -0.25) is 0 Å². The van der Waals surface area contributed by atoms with E-state index in [4.69, 9.17) is 0 Å². The summed E-state index contributed by atoms with van der Waals surface area (Å²) in [5.41, 5.74) is 1.15. The number of rotatable bonds is 20. The topological polar surface area (TPSA) is 0 Å². The fourth-order valence-electron chi connectivity index (χ4n) is 7.62. The lowest BCUT2D eigenvalue weighted by Crippen LogP contribution is -2.22. The Hall–Kier alpha value is 0.430. The third kappa shape index (κ3) is 18.7. The molecular weight excluding hydrogens is 475 g/mol. The molecule has 0 amide bonds. The minimum Gasteiger partial charge on any atom is -0.103 e. The summed E-state index contributed by atoms with van der Waals surface area (Å²) >= 11 is 0. The van der Waals surface area contributed by atoms with E-state index in [0.29, 0.717) is 7.92 Å². The van der Waals surface area contributed by atoms with E-state index in [1.165, 1.54) is 154 Å². The molecule has 1 aliphatic carbocycles. The Morgan fingerprint density at radius 3 is 1.24 bits per heavy atom. The molecule has 0 radical (unpaired) electrons. The minimum absolute atomic E-state index is 0.308. The van der Waals surface area contributed by atoms with Crippen molar-refractivity contribution in [2.75, 3.05) is 12.3 Å². The second-order valence-electron chi connectivity index (χ2n) is 13.6. The Kier molecular flexibility index (Phi) is 24.0. The molecule has 0 spiro atoms. The SMILES string of the molecule is CCCCCCCCCCCCCCCCCCCCP1CCCCCCCC1C1CCCCCCCC1. The summed E-state index contributed by atoms with van der Waals surface area (Å²) in [5, 5.41) is 0. The molecule has 0 nitrogen and oxygen atoms in total. The molecule has 0 aromatic heterocycles. The lowest BCUT2D eigenvalue weighted by atomic mass is 9.90. The van der Waals surface area contributed by atoms with E-state index in [1.54, 1.807) is 63.7 Å². The molecule has 1 aliphatic heterocycles. The Morgan fingerprint density at radius 1 is 0.395 bits per heavy atom. The molecule has 0 N–H and O–H groups in total. The van der Waals surface area contributed by atoms with Gasteiger partial charge in [0, 0.05) is 0 Å². The highest BCUT2D eigenvalue weighted by Gasteiger charge is 2.28. The summed E-state index contributed by atoms with van der Waals surface area (Å²) in [6, 6.07) is 0. The quantitative estimate of drug-likeness (QED) is 0.105. The predicted octanol–water partition coefficient (Wildman–Crippen LogP) is 14.0. The molecule has 226 valence electrons. The Bertz CT molecular complexity index is 463. The van der Waals surface area contributed by atoms with Crippen molar-refractivity contribution in [1.82, 2.24) is 0 Å². The second kappa shape index (κ2) is 26.3. The summed E-state index contributed by atoms with van der Waals surface area (Å²) in [7, 11) is 0.308. The first-order valence-electron chi connectivity index (χ1n) is 18.7. The number of unbranched alkanes of at least 4 members (excludes halogenated alkanes) is 17. The fourth-order valence-corrected chi connectivity index (χ4v) is 11.2. The van der Waals surface area contributed by atoms with Crippen LogP contribution in [0, 0.1) is 5.92 Å². The first-order chi connectivity index (χ1) is 18.9. The van der Waals surface area contributed by atoms with Crippen molar-refractivity contribution in [3.63, 3.8) is 0 Å². The Labute approximate surface area is 243 Å². The smallest absolute Gasteiger partial charge is 0.0181 e. The number of hydrogen-bond acceptors (Lipinski definition) is 0. The second-order valence-corrected chi connectivity index (χ2v) is 16.4. The van der Waals surface area contributed by atoms with Crippen LogP contribution < -0.4 is 0 Å². The summed E-state index contributed by atoms with van der Waals surface area (Å²) in [5.74, 6) is 1.10. The first-order valence-corrected chi connectivity index (χ1v) is 20.4. The van der Waals surface area contributed by atoms with Crippen LogP contribution in [0.15, 0.2) is 0 Å². The molecule has 0 bridgehead atoms. The van der Waals surface area contributed by atoms with Crippen molar-refractivity contribution in [3.8, 4) is 0 Å². The molecule has 2 aliphatic rings. The van der Waals surface area contributed by atoms with E-state index >= 15 is 0 Å². The summed E-state index contributed by atoms with van der Waals surface area (Å²) in [6.07, 6.45) is 51.9. The van der Waals surface area contributed by atoms with Gasteiger partial charge in [-0.05, 0) is 56.0 Å². The zero-order valence-corrected chi connectivity index (χ0v) is 27.5. The normalized spacial score (nSPS) is 22.7. The zero-order chi connectivity index (χ0) is 26.8. The van der Waals surface area contributed by atoms with Crippen LogP contribution in [-0.4, -0.2) is 18.0 Å². The van der Waals surface area contributed by atoms with Gasteiger partial charge in [0.2, 0.25) is 0 Å². The van der Waals surface area contributed by atoms with Crippen LogP contribution in [0.4, 0.5) is 0 Å². The standard InChI is InChI=1S/C37H73P/c1-2-3-4-5-6-7-8-9-10-11-12-13-14-15-16-19-24-29-34-38-35-30-25-20-23-28-33-37(38)36-31-26-21-17-18-22-27-32-36/h36-37H,2-35H2,1H3.